The molecule has 13 heavy (non-hydrogen) atoms. The van der Waals surface area contributed by atoms with Crippen LogP contribution in [-0.4, -0.2) is 0 Å². The second kappa shape index (κ2) is 2.87. The van der Waals surface area contributed by atoms with Gasteiger partial charge in [0.15, 0.2) is 0 Å². The summed E-state index contributed by atoms with van der Waals surface area (Å²) in [6, 6.07) is 9.31. The summed E-state index contributed by atoms with van der Waals surface area (Å²) < 4.78 is 0. The Labute approximate surface area is 80.0 Å². The first kappa shape index (κ1) is 7.61. The molecule has 67 valence electrons. The van der Waals surface area contributed by atoms with E-state index >= 15 is 0 Å². The molecule has 0 amide bonds. The normalized spacial score (nSPS) is 22.8. The molecule has 0 unspecified atom stereocenters. The van der Waals surface area contributed by atoms with Crippen LogP contribution < -0.4 is 0 Å². The average Bonchev–Trinajstić information content (AvgIpc) is 2.85. The van der Waals surface area contributed by atoms with Crippen LogP contribution in [0.25, 0.3) is 0 Å². The minimum Gasteiger partial charge on any atom is -0.0585 e. The standard InChI is InChI=1S/C13H15/c1-2-10(3-1)11-4-6-12(7-5-11)13-8-9-13/h4-7,13H,1-3,8-9H2. The Morgan fingerprint density at radius 2 is 1.62 bits per heavy atom. The van der Waals surface area contributed by atoms with Crippen LogP contribution in [-0.2, 0) is 0 Å². The molecular weight excluding hydrogens is 156 g/mol. The van der Waals surface area contributed by atoms with Crippen LogP contribution in [0.3, 0.4) is 0 Å². The van der Waals surface area contributed by atoms with E-state index < -0.39 is 0 Å². The minimum absolute atomic E-state index is 0.903. The molecule has 1 aromatic rings. The topological polar surface area (TPSA) is 0 Å². The van der Waals surface area contributed by atoms with Crippen molar-refractivity contribution in [3.05, 3.63) is 41.3 Å². The molecule has 1 aromatic carbocycles. The molecule has 0 nitrogen and oxygen atoms in total. The fourth-order valence-electron chi connectivity index (χ4n) is 2.05. The van der Waals surface area contributed by atoms with Gasteiger partial charge in [0.1, 0.15) is 0 Å². The third kappa shape index (κ3) is 1.39. The highest BCUT2D eigenvalue weighted by Gasteiger charge is 2.24. The SMILES string of the molecule is c1cc(C2CC2)ccc1[C]1CCC1. The van der Waals surface area contributed by atoms with Gasteiger partial charge in [0.25, 0.3) is 0 Å². The molecule has 0 aromatic heterocycles. The van der Waals surface area contributed by atoms with Crippen LogP contribution in [0.15, 0.2) is 24.3 Å². The highest BCUT2D eigenvalue weighted by atomic mass is 14.3. The van der Waals surface area contributed by atoms with Gasteiger partial charge in [-0.1, -0.05) is 30.7 Å². The summed E-state index contributed by atoms with van der Waals surface area (Å²) in [5.74, 6) is 2.57. The summed E-state index contributed by atoms with van der Waals surface area (Å²) >= 11 is 0. The summed E-state index contributed by atoms with van der Waals surface area (Å²) in [5.41, 5.74) is 3.05. The quantitative estimate of drug-likeness (QED) is 0.637. The Morgan fingerprint density at radius 3 is 2.08 bits per heavy atom. The number of hydrogen-bond donors (Lipinski definition) is 0. The summed E-state index contributed by atoms with van der Waals surface area (Å²) in [6.45, 7) is 0. The van der Waals surface area contributed by atoms with Gasteiger partial charge in [-0.05, 0) is 42.7 Å². The number of hydrogen-bond acceptors (Lipinski definition) is 0. The van der Waals surface area contributed by atoms with Crippen LogP contribution in [0.1, 0.15) is 49.1 Å². The van der Waals surface area contributed by atoms with Gasteiger partial charge in [-0.3, -0.25) is 0 Å². The Bertz CT molecular complexity index is 288. The van der Waals surface area contributed by atoms with Gasteiger partial charge >= 0.3 is 0 Å². The van der Waals surface area contributed by atoms with Crippen LogP contribution in [0.4, 0.5) is 0 Å². The van der Waals surface area contributed by atoms with Crippen molar-refractivity contribution in [3.8, 4) is 0 Å². The highest BCUT2D eigenvalue weighted by Crippen LogP contribution is 2.41. The first-order valence-electron chi connectivity index (χ1n) is 5.38. The average molecular weight is 171 g/mol. The molecule has 3 rings (SSSR count). The van der Waals surface area contributed by atoms with Crippen molar-refractivity contribution in [3.63, 3.8) is 0 Å². The van der Waals surface area contributed by atoms with Gasteiger partial charge in [-0.15, -0.1) is 0 Å². The van der Waals surface area contributed by atoms with E-state index in [2.05, 4.69) is 24.3 Å². The molecule has 0 heterocycles. The predicted octanol–water partition coefficient (Wildman–Crippen LogP) is 3.67. The largest absolute Gasteiger partial charge is 0.0585 e. The molecule has 1 radical (unpaired) electrons. The maximum Gasteiger partial charge on any atom is 0.00498 e. The molecule has 0 N–H and O–H groups in total. The zero-order chi connectivity index (χ0) is 8.67. The zero-order valence-electron chi connectivity index (χ0n) is 7.92. The molecule has 0 spiro atoms. The molecule has 0 atom stereocenters. The molecular formula is C13H15. The molecule has 2 aliphatic rings. The van der Waals surface area contributed by atoms with Gasteiger partial charge in [-0.25, -0.2) is 0 Å². The van der Waals surface area contributed by atoms with Crippen LogP contribution >= 0.6 is 0 Å². The Balaban J connectivity index is 1.80. The number of benzene rings is 1. The van der Waals surface area contributed by atoms with Crippen LogP contribution in [0.5, 0.6) is 0 Å². The first-order chi connectivity index (χ1) is 6.43. The van der Waals surface area contributed by atoms with E-state index in [4.69, 9.17) is 0 Å². The monoisotopic (exact) mass is 171 g/mol. The van der Waals surface area contributed by atoms with Crippen molar-refractivity contribution in [2.45, 2.75) is 38.0 Å². The van der Waals surface area contributed by atoms with E-state index in [1.54, 1.807) is 11.5 Å². The van der Waals surface area contributed by atoms with E-state index in [0.717, 1.165) is 5.92 Å². The van der Waals surface area contributed by atoms with Crippen molar-refractivity contribution < 1.29 is 0 Å². The van der Waals surface area contributed by atoms with Gasteiger partial charge in [0.2, 0.25) is 0 Å². The Hall–Kier alpha value is -0.780. The van der Waals surface area contributed by atoms with E-state index in [0.29, 0.717) is 0 Å². The zero-order valence-corrected chi connectivity index (χ0v) is 7.92. The van der Waals surface area contributed by atoms with Gasteiger partial charge in [-0.2, -0.15) is 0 Å². The van der Waals surface area contributed by atoms with Crippen molar-refractivity contribution >= 4 is 0 Å². The lowest BCUT2D eigenvalue weighted by molar-refractivity contribution is 0.577. The lowest BCUT2D eigenvalue weighted by Gasteiger charge is -2.25. The minimum atomic E-state index is 0.903. The summed E-state index contributed by atoms with van der Waals surface area (Å²) in [6.07, 6.45) is 6.90. The van der Waals surface area contributed by atoms with Crippen molar-refractivity contribution in [2.24, 2.45) is 0 Å². The molecule has 0 bridgehead atoms. The Morgan fingerprint density at radius 1 is 0.923 bits per heavy atom. The van der Waals surface area contributed by atoms with Crippen molar-refractivity contribution in [2.75, 3.05) is 0 Å². The molecule has 0 heteroatoms. The van der Waals surface area contributed by atoms with Crippen LogP contribution in [0, 0.1) is 5.92 Å². The molecule has 2 saturated carbocycles. The Kier molecular flexibility index (Phi) is 1.68. The summed E-state index contributed by atoms with van der Waals surface area (Å²) in [5, 5.41) is 0. The van der Waals surface area contributed by atoms with E-state index in [9.17, 15) is 0 Å². The number of rotatable bonds is 2. The summed E-state index contributed by atoms with van der Waals surface area (Å²) in [4.78, 5) is 0. The maximum absolute atomic E-state index is 2.33. The maximum atomic E-state index is 2.33. The van der Waals surface area contributed by atoms with E-state index in [1.165, 1.54) is 37.7 Å². The van der Waals surface area contributed by atoms with E-state index in [-0.39, 0.29) is 0 Å². The smallest absolute Gasteiger partial charge is 0.00498 e. The second-order valence-electron chi connectivity index (χ2n) is 4.35. The van der Waals surface area contributed by atoms with Crippen molar-refractivity contribution in [1.82, 2.24) is 0 Å². The van der Waals surface area contributed by atoms with E-state index in [1.807, 2.05) is 0 Å². The highest BCUT2D eigenvalue weighted by molar-refractivity contribution is 5.37. The molecule has 2 fully saturated rings. The fourth-order valence-corrected chi connectivity index (χ4v) is 2.05. The predicted molar refractivity (Wildman–Crippen MR) is 54.6 cm³/mol. The van der Waals surface area contributed by atoms with Gasteiger partial charge < -0.3 is 0 Å². The molecule has 0 aliphatic heterocycles. The second-order valence-corrected chi connectivity index (χ2v) is 4.35. The first-order valence-corrected chi connectivity index (χ1v) is 5.38. The van der Waals surface area contributed by atoms with Crippen molar-refractivity contribution in [1.29, 1.82) is 0 Å². The third-order valence-corrected chi connectivity index (χ3v) is 3.32. The van der Waals surface area contributed by atoms with Gasteiger partial charge in [0.05, 0.1) is 0 Å². The molecule has 0 saturated heterocycles. The summed E-state index contributed by atoms with van der Waals surface area (Å²) in [7, 11) is 0. The molecule has 2 aliphatic carbocycles. The van der Waals surface area contributed by atoms with Gasteiger partial charge in [0, 0.05) is 5.92 Å². The lowest BCUT2D eigenvalue weighted by atomic mass is 9.80. The third-order valence-electron chi connectivity index (χ3n) is 3.32. The van der Waals surface area contributed by atoms with Crippen LogP contribution in [0.2, 0.25) is 0 Å². The lowest BCUT2D eigenvalue weighted by Crippen LogP contribution is -2.09. The fraction of sp³-hybridized carbons (Fsp3) is 0.462.